The Morgan fingerprint density at radius 3 is 2.04 bits per heavy atom. The van der Waals surface area contributed by atoms with Gasteiger partial charge in [0.25, 0.3) is 0 Å². The van der Waals surface area contributed by atoms with E-state index in [1.807, 2.05) is 0 Å². The molecule has 0 saturated carbocycles. The molecule has 0 aromatic rings. The lowest BCUT2D eigenvalue weighted by atomic mass is 10.1. The van der Waals surface area contributed by atoms with Crippen LogP contribution in [-0.4, -0.2) is 22.3 Å². The average Bonchev–Trinajstić information content (AvgIpc) is 2.50. The summed E-state index contributed by atoms with van der Waals surface area (Å²) in [7, 11) is 0. The van der Waals surface area contributed by atoms with E-state index in [0.29, 0.717) is 6.42 Å². The summed E-state index contributed by atoms with van der Waals surface area (Å²) in [4.78, 5) is 10.4. The zero-order chi connectivity index (χ0) is 17.5. The van der Waals surface area contributed by atoms with E-state index in [2.05, 4.69) is 38.8 Å². The van der Waals surface area contributed by atoms with Crippen molar-refractivity contribution in [2.75, 3.05) is 0 Å². The average molecular weight is 456 g/mol. The molecule has 0 fully saturated rings. The molecule has 0 heterocycles. The number of halogens is 2. The fourth-order valence-corrected chi connectivity index (χ4v) is 3.46. The SMILES string of the molecule is CCCCCC[C@@H](O)C/C(Br)=C(/Br)CCCCCCCC(=O)O. The molecule has 3 nitrogen and oxygen atoms in total. The first-order valence-electron chi connectivity index (χ1n) is 8.90. The van der Waals surface area contributed by atoms with Crippen molar-refractivity contribution in [3.05, 3.63) is 8.96 Å². The molecule has 0 amide bonds. The number of carboxylic acid groups (broad SMARTS) is 1. The van der Waals surface area contributed by atoms with E-state index in [4.69, 9.17) is 5.11 Å². The van der Waals surface area contributed by atoms with Gasteiger partial charge in [0.1, 0.15) is 0 Å². The van der Waals surface area contributed by atoms with Gasteiger partial charge in [-0.15, -0.1) is 0 Å². The largest absolute Gasteiger partial charge is 0.481 e. The number of aliphatic hydroxyl groups excluding tert-OH is 1. The quantitative estimate of drug-likeness (QED) is 0.276. The number of aliphatic hydroxyl groups is 1. The monoisotopic (exact) mass is 454 g/mol. The van der Waals surface area contributed by atoms with Gasteiger partial charge in [0.2, 0.25) is 0 Å². The van der Waals surface area contributed by atoms with E-state index in [0.717, 1.165) is 60.3 Å². The highest BCUT2D eigenvalue weighted by atomic mass is 79.9. The molecule has 0 bridgehead atoms. The minimum Gasteiger partial charge on any atom is -0.481 e. The van der Waals surface area contributed by atoms with Crippen LogP contribution < -0.4 is 0 Å². The molecule has 5 heteroatoms. The smallest absolute Gasteiger partial charge is 0.303 e. The van der Waals surface area contributed by atoms with E-state index in [1.165, 1.54) is 19.3 Å². The third-order valence-electron chi connectivity index (χ3n) is 3.89. The Hall–Kier alpha value is 0.130. The number of hydrogen-bond donors (Lipinski definition) is 2. The molecule has 0 aromatic carbocycles. The van der Waals surface area contributed by atoms with E-state index >= 15 is 0 Å². The third-order valence-corrected chi connectivity index (χ3v) is 6.10. The lowest BCUT2D eigenvalue weighted by molar-refractivity contribution is -0.137. The van der Waals surface area contributed by atoms with Crippen LogP contribution in [0.2, 0.25) is 0 Å². The predicted octanol–water partition coefficient (Wildman–Crippen LogP) is 6.52. The van der Waals surface area contributed by atoms with Crippen LogP contribution in [0.15, 0.2) is 8.96 Å². The van der Waals surface area contributed by atoms with Crippen LogP contribution >= 0.6 is 31.9 Å². The standard InChI is InChI=1S/C18H32Br2O3/c1-2-3-4-8-11-15(21)14-17(20)16(19)12-9-6-5-7-10-13-18(22)23/h15,21H,2-14H2,1H3,(H,22,23)/b17-16-/t15-/m1/s1. The Morgan fingerprint density at radius 2 is 1.43 bits per heavy atom. The molecule has 0 aliphatic carbocycles. The summed E-state index contributed by atoms with van der Waals surface area (Å²) in [5, 5.41) is 18.6. The molecular weight excluding hydrogens is 424 g/mol. The van der Waals surface area contributed by atoms with Gasteiger partial charge in [0, 0.05) is 21.8 Å². The molecule has 0 aliphatic rings. The molecule has 0 radical (unpaired) electrons. The highest BCUT2D eigenvalue weighted by Crippen LogP contribution is 2.28. The molecule has 0 aliphatic heterocycles. The second-order valence-electron chi connectivity index (χ2n) is 6.18. The van der Waals surface area contributed by atoms with Gasteiger partial charge in [-0.25, -0.2) is 0 Å². The Balaban J connectivity index is 3.73. The number of allylic oxidation sites excluding steroid dienone is 1. The Kier molecular flexibility index (Phi) is 15.7. The normalized spacial score (nSPS) is 13.7. The van der Waals surface area contributed by atoms with Gasteiger partial charge in [-0.05, 0) is 25.7 Å². The van der Waals surface area contributed by atoms with Crippen LogP contribution in [0, 0.1) is 0 Å². The molecule has 136 valence electrons. The van der Waals surface area contributed by atoms with Gasteiger partial charge >= 0.3 is 5.97 Å². The van der Waals surface area contributed by atoms with Crippen molar-refractivity contribution in [2.24, 2.45) is 0 Å². The summed E-state index contributed by atoms with van der Waals surface area (Å²) in [6.45, 7) is 2.19. The number of rotatable bonds is 15. The van der Waals surface area contributed by atoms with Gasteiger partial charge in [0.15, 0.2) is 0 Å². The number of aliphatic carboxylic acids is 1. The van der Waals surface area contributed by atoms with Crippen molar-refractivity contribution in [1.29, 1.82) is 0 Å². The van der Waals surface area contributed by atoms with Gasteiger partial charge < -0.3 is 10.2 Å². The van der Waals surface area contributed by atoms with Gasteiger partial charge in [-0.1, -0.05) is 83.7 Å². The Bertz CT molecular complexity index is 343. The van der Waals surface area contributed by atoms with Crippen molar-refractivity contribution in [3.63, 3.8) is 0 Å². The molecule has 2 N–H and O–H groups in total. The molecule has 0 unspecified atom stereocenters. The minimum atomic E-state index is -0.701. The number of carbonyl (C=O) groups is 1. The highest BCUT2D eigenvalue weighted by Gasteiger charge is 2.09. The number of unbranched alkanes of at least 4 members (excludes halogenated alkanes) is 7. The maximum atomic E-state index is 10.4. The first-order chi connectivity index (χ1) is 11.0. The summed E-state index contributed by atoms with van der Waals surface area (Å²) in [6.07, 6.45) is 12.4. The minimum absolute atomic E-state index is 0.259. The fraction of sp³-hybridized carbons (Fsp3) is 0.833. The molecule has 1 atom stereocenters. The lowest BCUT2D eigenvalue weighted by Gasteiger charge is -2.11. The molecule has 0 spiro atoms. The topological polar surface area (TPSA) is 57.5 Å². The molecule has 0 aromatic heterocycles. The lowest BCUT2D eigenvalue weighted by Crippen LogP contribution is -2.06. The van der Waals surface area contributed by atoms with Gasteiger partial charge in [-0.3, -0.25) is 4.79 Å². The van der Waals surface area contributed by atoms with Crippen LogP contribution in [0.25, 0.3) is 0 Å². The first-order valence-corrected chi connectivity index (χ1v) is 10.5. The second-order valence-corrected chi connectivity index (χ2v) is 8.09. The Morgan fingerprint density at radius 1 is 0.870 bits per heavy atom. The second kappa shape index (κ2) is 15.6. The van der Waals surface area contributed by atoms with Crippen molar-refractivity contribution < 1.29 is 15.0 Å². The summed E-state index contributed by atoms with van der Waals surface area (Å²) >= 11 is 7.19. The van der Waals surface area contributed by atoms with Crippen LogP contribution in [0.5, 0.6) is 0 Å². The van der Waals surface area contributed by atoms with E-state index in [-0.39, 0.29) is 12.5 Å². The molecular formula is C18H32Br2O3. The van der Waals surface area contributed by atoms with Gasteiger partial charge in [0.05, 0.1) is 6.10 Å². The summed E-state index contributed by atoms with van der Waals surface area (Å²) in [5.41, 5.74) is 0. The molecule has 23 heavy (non-hydrogen) atoms. The van der Waals surface area contributed by atoms with Crippen LogP contribution in [0.4, 0.5) is 0 Å². The van der Waals surface area contributed by atoms with Crippen molar-refractivity contribution >= 4 is 37.8 Å². The third kappa shape index (κ3) is 15.4. The fourth-order valence-electron chi connectivity index (χ4n) is 2.45. The Labute approximate surface area is 158 Å². The predicted molar refractivity (Wildman–Crippen MR) is 104 cm³/mol. The first kappa shape index (κ1) is 23.1. The van der Waals surface area contributed by atoms with Crippen LogP contribution in [0.3, 0.4) is 0 Å². The zero-order valence-electron chi connectivity index (χ0n) is 14.3. The highest BCUT2D eigenvalue weighted by molar-refractivity contribution is 9.14. The van der Waals surface area contributed by atoms with Crippen LogP contribution in [-0.2, 0) is 4.79 Å². The molecule has 0 rings (SSSR count). The number of carboxylic acids is 1. The summed E-state index contributed by atoms with van der Waals surface area (Å²) < 4.78 is 2.22. The maximum Gasteiger partial charge on any atom is 0.303 e. The summed E-state index contributed by atoms with van der Waals surface area (Å²) in [5.74, 6) is -0.701. The van der Waals surface area contributed by atoms with Gasteiger partial charge in [-0.2, -0.15) is 0 Å². The zero-order valence-corrected chi connectivity index (χ0v) is 17.5. The van der Waals surface area contributed by atoms with Crippen molar-refractivity contribution in [1.82, 2.24) is 0 Å². The maximum absolute atomic E-state index is 10.4. The summed E-state index contributed by atoms with van der Waals surface area (Å²) in [6, 6.07) is 0. The van der Waals surface area contributed by atoms with Crippen molar-refractivity contribution in [3.8, 4) is 0 Å². The van der Waals surface area contributed by atoms with E-state index in [9.17, 15) is 9.90 Å². The van der Waals surface area contributed by atoms with Crippen molar-refractivity contribution in [2.45, 2.75) is 96.5 Å². The van der Waals surface area contributed by atoms with E-state index in [1.54, 1.807) is 0 Å². The number of hydrogen-bond acceptors (Lipinski definition) is 2. The molecule has 0 saturated heterocycles. The van der Waals surface area contributed by atoms with Crippen LogP contribution in [0.1, 0.15) is 90.4 Å². The van der Waals surface area contributed by atoms with E-state index < -0.39 is 5.97 Å².